The lowest BCUT2D eigenvalue weighted by molar-refractivity contribution is 0.549. The number of pyridine rings is 1. The van der Waals surface area contributed by atoms with Crippen molar-refractivity contribution in [2.45, 2.75) is 19.4 Å². The van der Waals surface area contributed by atoms with Crippen molar-refractivity contribution in [3.63, 3.8) is 0 Å². The van der Waals surface area contributed by atoms with E-state index in [0.29, 0.717) is 17.2 Å². The average Bonchev–Trinajstić information content (AvgIpc) is 2.84. The van der Waals surface area contributed by atoms with Gasteiger partial charge in [-0.1, -0.05) is 11.6 Å². The van der Waals surface area contributed by atoms with Crippen molar-refractivity contribution in [2.75, 3.05) is 6.54 Å². The molecule has 0 bridgehead atoms. The van der Waals surface area contributed by atoms with Crippen LogP contribution < -0.4 is 10.3 Å². The van der Waals surface area contributed by atoms with Gasteiger partial charge in [-0.15, -0.1) is 0 Å². The summed E-state index contributed by atoms with van der Waals surface area (Å²) in [6.45, 7) is 2.17. The number of hydrogen-bond acceptors (Lipinski definition) is 3. The molecule has 32 heavy (non-hydrogen) atoms. The second-order valence-corrected chi connectivity index (χ2v) is 8.83. The quantitative estimate of drug-likeness (QED) is 0.549. The van der Waals surface area contributed by atoms with Crippen LogP contribution in [0, 0.1) is 5.82 Å². The van der Waals surface area contributed by atoms with Gasteiger partial charge in [0.05, 0.1) is 11.8 Å². The number of nitrogens with one attached hydrogen (secondary N) is 1. The third kappa shape index (κ3) is 4.45. The highest BCUT2D eigenvalue weighted by Gasteiger charge is 2.25. The standard InChI is InChI=1S/C23H21ClFN3O3S/c1-13-17-11-22(29)28(2)12-20(17)18-9-15(7-8-26-32(30)31)21(24)10-19(18)23(27-13)14-3-5-16(25)6-4-14/h3-6,9-13,26H,7-8H2,1-2H3,(H,30,31). The van der Waals surface area contributed by atoms with E-state index < -0.39 is 11.3 Å². The summed E-state index contributed by atoms with van der Waals surface area (Å²) in [5.74, 6) is -0.343. The number of halogens is 2. The van der Waals surface area contributed by atoms with E-state index in [9.17, 15) is 13.4 Å². The molecule has 0 fully saturated rings. The summed E-state index contributed by atoms with van der Waals surface area (Å²) in [6, 6.07) is 11.1. The molecule has 9 heteroatoms. The lowest BCUT2D eigenvalue weighted by atomic mass is 9.90. The Bertz CT molecular complexity index is 1310. The first-order chi connectivity index (χ1) is 15.2. The van der Waals surface area contributed by atoms with Crippen molar-refractivity contribution < 1.29 is 13.2 Å². The van der Waals surface area contributed by atoms with E-state index in [1.807, 2.05) is 19.1 Å². The van der Waals surface area contributed by atoms with E-state index in [0.717, 1.165) is 33.4 Å². The van der Waals surface area contributed by atoms with Gasteiger partial charge in [0, 0.05) is 47.6 Å². The van der Waals surface area contributed by atoms with Crippen molar-refractivity contribution in [3.05, 3.63) is 92.1 Å². The molecule has 2 unspecified atom stereocenters. The van der Waals surface area contributed by atoms with Crippen LogP contribution in [0.25, 0.3) is 11.1 Å². The molecule has 0 spiro atoms. The summed E-state index contributed by atoms with van der Waals surface area (Å²) >= 11 is 4.48. The SMILES string of the molecule is CC1N=C(c2ccc(F)cc2)c2cc(Cl)c(CCNS(=O)O)cc2-c2cn(C)c(=O)cc21. The van der Waals surface area contributed by atoms with E-state index in [1.54, 1.807) is 31.4 Å². The van der Waals surface area contributed by atoms with Crippen LogP contribution >= 0.6 is 11.6 Å². The highest BCUT2D eigenvalue weighted by molar-refractivity contribution is 7.77. The van der Waals surface area contributed by atoms with Gasteiger partial charge in [-0.25, -0.2) is 13.3 Å². The first-order valence-corrected chi connectivity index (χ1v) is 11.4. The molecule has 0 aliphatic carbocycles. The van der Waals surface area contributed by atoms with Crippen LogP contribution in [0.15, 0.2) is 58.4 Å². The van der Waals surface area contributed by atoms with Gasteiger partial charge in [0.1, 0.15) is 5.82 Å². The Balaban J connectivity index is 1.95. The lowest BCUT2D eigenvalue weighted by Crippen LogP contribution is -2.19. The van der Waals surface area contributed by atoms with Gasteiger partial charge >= 0.3 is 0 Å². The van der Waals surface area contributed by atoms with Gasteiger partial charge in [0.15, 0.2) is 0 Å². The monoisotopic (exact) mass is 473 g/mol. The smallest absolute Gasteiger partial charge is 0.250 e. The fourth-order valence-corrected chi connectivity index (χ4v) is 4.42. The molecule has 0 amide bonds. The number of aryl methyl sites for hydroxylation is 1. The number of rotatable bonds is 5. The molecule has 2 heterocycles. The Morgan fingerprint density at radius 2 is 1.91 bits per heavy atom. The van der Waals surface area contributed by atoms with Crippen LogP contribution in [0.5, 0.6) is 0 Å². The third-order valence-electron chi connectivity index (χ3n) is 5.50. The minimum atomic E-state index is -2.11. The van der Waals surface area contributed by atoms with Crippen LogP contribution in [-0.2, 0) is 24.7 Å². The summed E-state index contributed by atoms with van der Waals surface area (Å²) < 4.78 is 37.5. The summed E-state index contributed by atoms with van der Waals surface area (Å²) in [5, 5.41) is 0.491. The van der Waals surface area contributed by atoms with Crippen molar-refractivity contribution >= 4 is 28.6 Å². The van der Waals surface area contributed by atoms with Gasteiger partial charge in [-0.05, 0) is 66.4 Å². The molecule has 166 valence electrons. The van der Waals surface area contributed by atoms with E-state index in [1.165, 1.54) is 16.7 Å². The van der Waals surface area contributed by atoms with Gasteiger partial charge in [0.25, 0.3) is 5.56 Å². The fourth-order valence-electron chi connectivity index (χ4n) is 3.89. The number of benzene rings is 2. The maximum Gasteiger partial charge on any atom is 0.250 e. The average molecular weight is 474 g/mol. The molecule has 2 aromatic carbocycles. The summed E-state index contributed by atoms with van der Waals surface area (Å²) in [5.41, 5.74) is 5.29. The first-order valence-electron chi connectivity index (χ1n) is 9.96. The maximum absolute atomic E-state index is 13.6. The Morgan fingerprint density at radius 1 is 1.19 bits per heavy atom. The first kappa shape index (κ1) is 22.5. The fraction of sp³-hybridized carbons (Fsp3) is 0.217. The molecule has 4 rings (SSSR count). The Labute approximate surface area is 192 Å². The predicted octanol–water partition coefficient (Wildman–Crippen LogP) is 4.03. The Kier molecular flexibility index (Phi) is 6.39. The number of nitrogens with zero attached hydrogens (tertiary/aromatic N) is 2. The van der Waals surface area contributed by atoms with Crippen molar-refractivity contribution in [2.24, 2.45) is 12.0 Å². The van der Waals surface area contributed by atoms with Crippen molar-refractivity contribution in [1.82, 2.24) is 9.29 Å². The molecule has 0 radical (unpaired) electrons. The number of fused-ring (bicyclic) bond motifs is 3. The topological polar surface area (TPSA) is 83.7 Å². The van der Waals surface area contributed by atoms with Crippen LogP contribution in [0.2, 0.25) is 5.02 Å². The van der Waals surface area contributed by atoms with E-state index >= 15 is 0 Å². The molecular formula is C23H21ClFN3O3S. The van der Waals surface area contributed by atoms with Gasteiger partial charge in [-0.3, -0.25) is 14.3 Å². The molecule has 0 saturated heterocycles. The second-order valence-electron chi connectivity index (χ2n) is 7.63. The minimum Gasteiger partial charge on any atom is -0.318 e. The number of aliphatic imine (C=N–C) groups is 1. The number of hydrogen-bond donors (Lipinski definition) is 2. The third-order valence-corrected chi connectivity index (χ3v) is 6.31. The van der Waals surface area contributed by atoms with E-state index in [4.69, 9.17) is 21.1 Å². The predicted molar refractivity (Wildman–Crippen MR) is 125 cm³/mol. The molecule has 2 atom stereocenters. The van der Waals surface area contributed by atoms with Crippen molar-refractivity contribution in [3.8, 4) is 11.1 Å². The molecule has 2 N–H and O–H groups in total. The Hall–Kier alpha value is -2.65. The highest BCUT2D eigenvalue weighted by Crippen LogP contribution is 2.39. The largest absolute Gasteiger partial charge is 0.318 e. The zero-order valence-electron chi connectivity index (χ0n) is 17.4. The summed E-state index contributed by atoms with van der Waals surface area (Å²) in [4.78, 5) is 17.3. The normalized spacial score (nSPS) is 16.0. The molecule has 3 aromatic rings. The van der Waals surface area contributed by atoms with Gasteiger partial charge in [0.2, 0.25) is 11.3 Å². The lowest BCUT2D eigenvalue weighted by Gasteiger charge is -2.16. The molecule has 0 saturated carbocycles. The zero-order chi connectivity index (χ0) is 23.0. The zero-order valence-corrected chi connectivity index (χ0v) is 19.0. The van der Waals surface area contributed by atoms with Gasteiger partial charge in [-0.2, -0.15) is 0 Å². The van der Waals surface area contributed by atoms with Gasteiger partial charge < -0.3 is 4.57 Å². The van der Waals surface area contributed by atoms with Crippen LogP contribution in [0.3, 0.4) is 0 Å². The summed E-state index contributed by atoms with van der Waals surface area (Å²) in [6.07, 6.45) is 2.22. The molecular weight excluding hydrogens is 453 g/mol. The van der Waals surface area contributed by atoms with Crippen molar-refractivity contribution in [1.29, 1.82) is 0 Å². The molecule has 6 nitrogen and oxygen atoms in total. The highest BCUT2D eigenvalue weighted by atomic mass is 35.5. The minimum absolute atomic E-state index is 0.138. The molecule has 1 aromatic heterocycles. The van der Waals surface area contributed by atoms with E-state index in [-0.39, 0.29) is 24.0 Å². The van der Waals surface area contributed by atoms with Crippen LogP contribution in [0.4, 0.5) is 4.39 Å². The van der Waals surface area contributed by atoms with Crippen LogP contribution in [0.1, 0.15) is 35.2 Å². The molecule has 1 aliphatic heterocycles. The maximum atomic E-state index is 13.6. The molecule has 1 aliphatic rings. The Morgan fingerprint density at radius 3 is 2.59 bits per heavy atom. The second kappa shape index (κ2) is 9.07. The van der Waals surface area contributed by atoms with Crippen LogP contribution in [-0.4, -0.2) is 25.6 Å². The summed E-state index contributed by atoms with van der Waals surface area (Å²) in [7, 11) is 1.69. The number of aromatic nitrogens is 1. The van der Waals surface area contributed by atoms with E-state index in [2.05, 4.69) is 4.72 Å².